The van der Waals surface area contributed by atoms with Gasteiger partial charge >= 0.3 is 6.03 Å². The Morgan fingerprint density at radius 3 is 2.60 bits per heavy atom. The molecule has 3 rings (SSSR count). The predicted octanol–water partition coefficient (Wildman–Crippen LogP) is 2.90. The summed E-state index contributed by atoms with van der Waals surface area (Å²) in [6.45, 7) is 4.70. The van der Waals surface area contributed by atoms with Gasteiger partial charge in [0, 0.05) is 25.6 Å². The lowest BCUT2D eigenvalue weighted by Gasteiger charge is -2.42. The zero-order valence-electron chi connectivity index (χ0n) is 15.1. The number of amides is 3. The van der Waals surface area contributed by atoms with Gasteiger partial charge in [-0.25, -0.2) is 4.79 Å². The van der Waals surface area contributed by atoms with Gasteiger partial charge in [-0.15, -0.1) is 0 Å². The lowest BCUT2D eigenvalue weighted by Crippen LogP contribution is -2.50. The Morgan fingerprint density at radius 1 is 1.28 bits per heavy atom. The van der Waals surface area contributed by atoms with Crippen LogP contribution in [0.5, 0.6) is 0 Å². The van der Waals surface area contributed by atoms with Gasteiger partial charge < -0.3 is 20.0 Å². The Balaban J connectivity index is 1.37. The highest BCUT2D eigenvalue weighted by Gasteiger charge is 2.36. The molecule has 0 radical (unpaired) electrons. The largest absolute Gasteiger partial charge is 0.467 e. The van der Waals surface area contributed by atoms with Gasteiger partial charge in [0.05, 0.1) is 12.8 Å². The zero-order chi connectivity index (χ0) is 17.7. The van der Waals surface area contributed by atoms with E-state index < -0.39 is 0 Å². The van der Waals surface area contributed by atoms with Crippen LogP contribution in [0.2, 0.25) is 0 Å². The summed E-state index contributed by atoms with van der Waals surface area (Å²) in [4.78, 5) is 26.4. The normalized spacial score (nSPS) is 20.0. The van der Waals surface area contributed by atoms with Crippen LogP contribution in [-0.2, 0) is 11.3 Å². The molecule has 1 saturated heterocycles. The van der Waals surface area contributed by atoms with Gasteiger partial charge in [0.1, 0.15) is 5.76 Å². The highest BCUT2D eigenvalue weighted by molar-refractivity contribution is 5.79. The highest BCUT2D eigenvalue weighted by Crippen LogP contribution is 2.43. The number of urea groups is 1. The van der Waals surface area contributed by atoms with E-state index >= 15 is 0 Å². The summed E-state index contributed by atoms with van der Waals surface area (Å²) in [5, 5.41) is 6.02. The van der Waals surface area contributed by atoms with E-state index in [0.29, 0.717) is 25.0 Å². The van der Waals surface area contributed by atoms with Crippen LogP contribution in [0.15, 0.2) is 22.8 Å². The quantitative estimate of drug-likeness (QED) is 0.831. The lowest BCUT2D eigenvalue weighted by molar-refractivity contribution is -0.126. The summed E-state index contributed by atoms with van der Waals surface area (Å²) >= 11 is 0. The third-order valence-corrected chi connectivity index (χ3v) is 5.95. The molecular weight excluding hydrogens is 318 g/mol. The van der Waals surface area contributed by atoms with Crippen molar-refractivity contribution in [1.29, 1.82) is 0 Å². The van der Waals surface area contributed by atoms with E-state index in [0.717, 1.165) is 31.6 Å². The van der Waals surface area contributed by atoms with Gasteiger partial charge in [-0.2, -0.15) is 0 Å². The van der Waals surface area contributed by atoms with Crippen molar-refractivity contribution in [2.75, 3.05) is 19.6 Å². The third-order valence-electron chi connectivity index (χ3n) is 5.95. The van der Waals surface area contributed by atoms with Crippen molar-refractivity contribution in [2.45, 2.75) is 52.0 Å². The molecule has 2 heterocycles. The van der Waals surface area contributed by atoms with Crippen molar-refractivity contribution in [2.24, 2.45) is 11.3 Å². The molecule has 1 aromatic heterocycles. The van der Waals surface area contributed by atoms with E-state index in [1.54, 1.807) is 6.26 Å². The Kier molecular flexibility index (Phi) is 5.66. The van der Waals surface area contributed by atoms with Crippen molar-refractivity contribution in [3.8, 4) is 0 Å². The Bertz CT molecular complexity index is 567. The molecule has 0 bridgehead atoms. The average molecular weight is 347 g/mol. The van der Waals surface area contributed by atoms with E-state index in [2.05, 4.69) is 17.6 Å². The molecule has 138 valence electrons. The third kappa shape index (κ3) is 4.35. The second-order valence-electron chi connectivity index (χ2n) is 7.42. The fourth-order valence-electron chi connectivity index (χ4n) is 3.78. The van der Waals surface area contributed by atoms with Crippen LogP contribution in [0.1, 0.15) is 51.2 Å². The van der Waals surface area contributed by atoms with Crippen molar-refractivity contribution in [1.82, 2.24) is 15.5 Å². The van der Waals surface area contributed by atoms with Crippen molar-refractivity contribution in [3.05, 3.63) is 24.2 Å². The zero-order valence-corrected chi connectivity index (χ0v) is 15.1. The molecule has 0 aromatic carbocycles. The Hall–Kier alpha value is -1.98. The van der Waals surface area contributed by atoms with Crippen LogP contribution in [0.3, 0.4) is 0 Å². The molecule has 6 nitrogen and oxygen atoms in total. The number of likely N-dealkylation sites (tertiary alicyclic amines) is 1. The highest BCUT2D eigenvalue weighted by atomic mass is 16.3. The Labute approximate surface area is 149 Å². The number of hydrogen-bond acceptors (Lipinski definition) is 3. The Morgan fingerprint density at radius 2 is 2.04 bits per heavy atom. The first kappa shape index (κ1) is 17.8. The standard InChI is InChI=1S/C19H29N3O3/c1-2-19(8-4-9-19)14-21-18(24)22-10-6-15(7-11-22)17(23)20-13-16-5-3-12-25-16/h3,5,12,15H,2,4,6-11,13-14H2,1H3,(H,20,23)(H,21,24). The number of nitrogens with one attached hydrogen (secondary N) is 2. The van der Waals surface area contributed by atoms with E-state index in [-0.39, 0.29) is 17.9 Å². The van der Waals surface area contributed by atoms with E-state index in [1.807, 2.05) is 17.0 Å². The first-order valence-electron chi connectivity index (χ1n) is 9.45. The maximum atomic E-state index is 12.4. The SMILES string of the molecule is CCC1(CNC(=O)N2CCC(C(=O)NCc3ccco3)CC2)CCC1. The number of piperidine rings is 1. The van der Waals surface area contributed by atoms with Crippen molar-refractivity contribution >= 4 is 11.9 Å². The topological polar surface area (TPSA) is 74.6 Å². The molecule has 2 N–H and O–H groups in total. The number of carbonyl (C=O) groups is 2. The molecule has 0 atom stereocenters. The first-order chi connectivity index (χ1) is 12.1. The molecule has 1 aromatic rings. The maximum Gasteiger partial charge on any atom is 0.317 e. The summed E-state index contributed by atoms with van der Waals surface area (Å²) in [5.74, 6) is 0.787. The van der Waals surface area contributed by atoms with Gasteiger partial charge in [-0.1, -0.05) is 13.3 Å². The fourth-order valence-corrected chi connectivity index (χ4v) is 3.78. The summed E-state index contributed by atoms with van der Waals surface area (Å²) in [7, 11) is 0. The summed E-state index contributed by atoms with van der Waals surface area (Å²) in [6, 6.07) is 3.68. The molecular formula is C19H29N3O3. The van der Waals surface area contributed by atoms with Crippen LogP contribution < -0.4 is 10.6 Å². The molecule has 2 aliphatic rings. The van der Waals surface area contributed by atoms with Crippen LogP contribution in [0.4, 0.5) is 4.79 Å². The van der Waals surface area contributed by atoms with Gasteiger partial charge in [0.25, 0.3) is 0 Å². The van der Waals surface area contributed by atoms with Gasteiger partial charge in [-0.05, 0) is 49.7 Å². The van der Waals surface area contributed by atoms with E-state index in [1.165, 1.54) is 19.3 Å². The van der Waals surface area contributed by atoms with E-state index in [4.69, 9.17) is 4.42 Å². The molecule has 25 heavy (non-hydrogen) atoms. The molecule has 6 heteroatoms. The van der Waals surface area contributed by atoms with Gasteiger partial charge in [-0.3, -0.25) is 4.79 Å². The minimum Gasteiger partial charge on any atom is -0.467 e. The van der Waals surface area contributed by atoms with Gasteiger partial charge in [0.2, 0.25) is 5.91 Å². The minimum absolute atomic E-state index is 0.0207. The lowest BCUT2D eigenvalue weighted by atomic mass is 9.67. The molecule has 1 aliphatic carbocycles. The number of hydrogen-bond donors (Lipinski definition) is 2. The smallest absolute Gasteiger partial charge is 0.317 e. The van der Waals surface area contributed by atoms with Crippen LogP contribution in [0, 0.1) is 11.3 Å². The second-order valence-corrected chi connectivity index (χ2v) is 7.42. The summed E-state index contributed by atoms with van der Waals surface area (Å²) < 4.78 is 5.22. The molecule has 1 saturated carbocycles. The molecule has 0 unspecified atom stereocenters. The molecule has 2 fully saturated rings. The maximum absolute atomic E-state index is 12.4. The molecule has 3 amide bonds. The number of rotatable bonds is 6. The molecule has 0 spiro atoms. The number of furan rings is 1. The van der Waals surface area contributed by atoms with Crippen molar-refractivity contribution in [3.63, 3.8) is 0 Å². The summed E-state index contributed by atoms with van der Waals surface area (Å²) in [6.07, 6.45) is 7.90. The van der Waals surface area contributed by atoms with Crippen LogP contribution in [-0.4, -0.2) is 36.5 Å². The number of carbonyl (C=O) groups excluding carboxylic acids is 2. The summed E-state index contributed by atoms with van der Waals surface area (Å²) in [5.41, 5.74) is 0.333. The monoisotopic (exact) mass is 347 g/mol. The molecule has 1 aliphatic heterocycles. The average Bonchev–Trinajstić information content (AvgIpc) is 3.12. The van der Waals surface area contributed by atoms with Crippen LogP contribution in [0.25, 0.3) is 0 Å². The predicted molar refractivity (Wildman–Crippen MR) is 94.8 cm³/mol. The second kappa shape index (κ2) is 7.93. The first-order valence-corrected chi connectivity index (χ1v) is 9.45. The van der Waals surface area contributed by atoms with Crippen molar-refractivity contribution < 1.29 is 14.0 Å². The minimum atomic E-state index is -0.0207. The van der Waals surface area contributed by atoms with Gasteiger partial charge in [0.15, 0.2) is 0 Å². The van der Waals surface area contributed by atoms with Crippen LogP contribution >= 0.6 is 0 Å². The number of nitrogens with zero attached hydrogens (tertiary/aromatic N) is 1. The fraction of sp³-hybridized carbons (Fsp3) is 0.684. The van der Waals surface area contributed by atoms with E-state index in [9.17, 15) is 9.59 Å².